The van der Waals surface area contributed by atoms with E-state index in [0.717, 1.165) is 18.7 Å². The highest BCUT2D eigenvalue weighted by molar-refractivity contribution is 5.58. The number of nitro groups is 1. The van der Waals surface area contributed by atoms with E-state index in [1.165, 1.54) is 13.2 Å². The van der Waals surface area contributed by atoms with Crippen molar-refractivity contribution >= 4 is 11.4 Å². The first-order valence-electron chi connectivity index (χ1n) is 5.64. The molecule has 0 aliphatic carbocycles. The van der Waals surface area contributed by atoms with Crippen molar-refractivity contribution in [1.29, 1.82) is 0 Å². The lowest BCUT2D eigenvalue weighted by Gasteiger charge is -2.11. The van der Waals surface area contributed by atoms with E-state index in [1.54, 1.807) is 12.1 Å². The summed E-state index contributed by atoms with van der Waals surface area (Å²) in [7, 11) is 1.43. The van der Waals surface area contributed by atoms with Crippen molar-refractivity contribution in [1.82, 2.24) is 0 Å². The number of ether oxygens (including phenoxy) is 1. The molecule has 1 rings (SSSR count). The number of nitrogens with one attached hydrogen (secondary N) is 1. The van der Waals surface area contributed by atoms with Gasteiger partial charge in [-0.05, 0) is 18.1 Å². The minimum Gasteiger partial charge on any atom is -0.490 e. The highest BCUT2D eigenvalue weighted by Crippen LogP contribution is 2.29. The predicted molar refractivity (Wildman–Crippen MR) is 67.6 cm³/mol. The Hall–Kier alpha value is -1.78. The molecule has 0 heterocycles. The summed E-state index contributed by atoms with van der Waals surface area (Å²) < 4.78 is 4.94. The van der Waals surface area contributed by atoms with Gasteiger partial charge in [0.25, 0.3) is 0 Å². The normalized spacial score (nSPS) is 11.9. The van der Waals surface area contributed by atoms with Gasteiger partial charge in [-0.1, -0.05) is 20.3 Å². The lowest BCUT2D eigenvalue weighted by atomic mass is 10.1. The number of anilines is 1. The number of nitrogens with zero attached hydrogens (tertiary/aromatic N) is 1. The Bertz CT molecular complexity index is 393. The molecule has 0 spiro atoms. The highest BCUT2D eigenvalue weighted by atomic mass is 16.6. The standard InChI is InChI=1S/C12H18N2O3/c1-4-9(2)8-13-10-5-6-12(17-3)11(7-10)14(15)16/h5-7,9,13H,4,8H2,1-3H3. The molecule has 0 aromatic heterocycles. The van der Waals surface area contributed by atoms with Crippen LogP contribution in [-0.2, 0) is 0 Å². The minimum atomic E-state index is -0.437. The van der Waals surface area contributed by atoms with E-state index in [-0.39, 0.29) is 11.4 Å². The molecule has 0 radical (unpaired) electrons. The monoisotopic (exact) mass is 238 g/mol. The lowest BCUT2D eigenvalue weighted by Crippen LogP contribution is -2.10. The second-order valence-electron chi connectivity index (χ2n) is 4.04. The molecule has 0 saturated carbocycles. The summed E-state index contributed by atoms with van der Waals surface area (Å²) in [6.45, 7) is 5.05. The summed E-state index contributed by atoms with van der Waals surface area (Å²) in [5.41, 5.74) is 0.736. The zero-order chi connectivity index (χ0) is 12.8. The fourth-order valence-electron chi connectivity index (χ4n) is 1.38. The van der Waals surface area contributed by atoms with Gasteiger partial charge in [-0.2, -0.15) is 0 Å². The van der Waals surface area contributed by atoms with Crippen LogP contribution in [0, 0.1) is 16.0 Å². The number of hydrogen-bond donors (Lipinski definition) is 1. The number of rotatable bonds is 6. The fraction of sp³-hybridized carbons (Fsp3) is 0.500. The molecule has 17 heavy (non-hydrogen) atoms. The molecule has 1 atom stereocenters. The summed E-state index contributed by atoms with van der Waals surface area (Å²) in [4.78, 5) is 10.4. The topological polar surface area (TPSA) is 64.4 Å². The van der Waals surface area contributed by atoms with Gasteiger partial charge in [0.15, 0.2) is 5.75 Å². The molecule has 0 amide bonds. The molecule has 1 unspecified atom stereocenters. The Morgan fingerprint density at radius 1 is 1.53 bits per heavy atom. The molecular formula is C12H18N2O3. The van der Waals surface area contributed by atoms with Crippen molar-refractivity contribution in [2.45, 2.75) is 20.3 Å². The zero-order valence-electron chi connectivity index (χ0n) is 10.4. The summed E-state index contributed by atoms with van der Waals surface area (Å²) in [6, 6.07) is 4.90. The van der Waals surface area contributed by atoms with Gasteiger partial charge in [-0.3, -0.25) is 10.1 Å². The molecule has 0 aliphatic rings. The number of hydrogen-bond acceptors (Lipinski definition) is 4. The Morgan fingerprint density at radius 2 is 2.24 bits per heavy atom. The molecule has 0 aliphatic heterocycles. The van der Waals surface area contributed by atoms with Crippen LogP contribution in [0.25, 0.3) is 0 Å². The van der Waals surface area contributed by atoms with E-state index in [1.807, 2.05) is 0 Å². The van der Waals surface area contributed by atoms with E-state index >= 15 is 0 Å². The van der Waals surface area contributed by atoms with Gasteiger partial charge < -0.3 is 10.1 Å². The van der Waals surface area contributed by atoms with E-state index in [2.05, 4.69) is 19.2 Å². The molecule has 5 nitrogen and oxygen atoms in total. The molecule has 94 valence electrons. The highest BCUT2D eigenvalue weighted by Gasteiger charge is 2.15. The number of methoxy groups -OCH3 is 1. The average molecular weight is 238 g/mol. The van der Waals surface area contributed by atoms with Crippen LogP contribution < -0.4 is 10.1 Å². The molecule has 5 heteroatoms. The van der Waals surface area contributed by atoms with Gasteiger partial charge in [-0.25, -0.2) is 0 Å². The second kappa shape index (κ2) is 6.08. The third-order valence-corrected chi connectivity index (χ3v) is 2.73. The van der Waals surface area contributed by atoms with Crippen molar-refractivity contribution in [2.24, 2.45) is 5.92 Å². The fourth-order valence-corrected chi connectivity index (χ4v) is 1.38. The average Bonchev–Trinajstić information content (AvgIpc) is 2.35. The van der Waals surface area contributed by atoms with Gasteiger partial charge in [0.2, 0.25) is 0 Å². The maximum absolute atomic E-state index is 10.8. The van der Waals surface area contributed by atoms with E-state index in [0.29, 0.717) is 5.92 Å². The maximum Gasteiger partial charge on any atom is 0.312 e. The largest absolute Gasteiger partial charge is 0.490 e. The van der Waals surface area contributed by atoms with Gasteiger partial charge in [0, 0.05) is 18.3 Å². The zero-order valence-corrected chi connectivity index (χ0v) is 10.4. The summed E-state index contributed by atoms with van der Waals surface area (Å²) >= 11 is 0. The Morgan fingerprint density at radius 3 is 2.76 bits per heavy atom. The first-order chi connectivity index (χ1) is 8.08. The van der Waals surface area contributed by atoms with Gasteiger partial charge in [0.1, 0.15) is 0 Å². The van der Waals surface area contributed by atoms with Crippen molar-refractivity contribution in [3.63, 3.8) is 0 Å². The van der Waals surface area contributed by atoms with Crippen LogP contribution in [0.1, 0.15) is 20.3 Å². The lowest BCUT2D eigenvalue weighted by molar-refractivity contribution is -0.385. The molecule has 0 fully saturated rings. The second-order valence-corrected chi connectivity index (χ2v) is 4.04. The molecule has 0 bridgehead atoms. The molecule has 0 saturated heterocycles. The van der Waals surface area contributed by atoms with Crippen LogP contribution in [-0.4, -0.2) is 18.6 Å². The van der Waals surface area contributed by atoms with Crippen molar-refractivity contribution < 1.29 is 9.66 Å². The number of nitro benzene ring substituents is 1. The maximum atomic E-state index is 10.8. The van der Waals surface area contributed by atoms with E-state index in [4.69, 9.17) is 4.74 Å². The first-order valence-corrected chi connectivity index (χ1v) is 5.64. The van der Waals surface area contributed by atoms with Crippen LogP contribution in [0.15, 0.2) is 18.2 Å². The van der Waals surface area contributed by atoms with Crippen LogP contribution in [0.5, 0.6) is 5.75 Å². The predicted octanol–water partition coefficient (Wildman–Crippen LogP) is 3.06. The Kier molecular flexibility index (Phi) is 4.75. The summed E-state index contributed by atoms with van der Waals surface area (Å²) in [5.74, 6) is 0.820. The van der Waals surface area contributed by atoms with E-state index < -0.39 is 4.92 Å². The Balaban J connectivity index is 2.81. The molecule has 1 aromatic rings. The van der Waals surface area contributed by atoms with Crippen LogP contribution in [0.2, 0.25) is 0 Å². The van der Waals surface area contributed by atoms with Crippen LogP contribution in [0.4, 0.5) is 11.4 Å². The van der Waals surface area contributed by atoms with Crippen LogP contribution >= 0.6 is 0 Å². The SMILES string of the molecule is CCC(C)CNc1ccc(OC)c([N+](=O)[O-])c1. The molecule has 1 N–H and O–H groups in total. The smallest absolute Gasteiger partial charge is 0.312 e. The van der Waals surface area contributed by atoms with Gasteiger partial charge >= 0.3 is 5.69 Å². The van der Waals surface area contributed by atoms with Crippen molar-refractivity contribution in [2.75, 3.05) is 19.0 Å². The minimum absolute atomic E-state index is 0.0124. The van der Waals surface area contributed by atoms with E-state index in [9.17, 15) is 10.1 Å². The third kappa shape index (κ3) is 3.62. The first kappa shape index (κ1) is 13.3. The van der Waals surface area contributed by atoms with Crippen molar-refractivity contribution in [3.05, 3.63) is 28.3 Å². The summed E-state index contributed by atoms with van der Waals surface area (Å²) in [5, 5.41) is 14.0. The Labute approximate surface area is 101 Å². The number of benzene rings is 1. The summed E-state index contributed by atoms with van der Waals surface area (Å²) in [6.07, 6.45) is 1.07. The van der Waals surface area contributed by atoms with Gasteiger partial charge in [-0.15, -0.1) is 0 Å². The molecular weight excluding hydrogens is 220 g/mol. The van der Waals surface area contributed by atoms with Gasteiger partial charge in [0.05, 0.1) is 12.0 Å². The van der Waals surface area contributed by atoms with Crippen molar-refractivity contribution in [3.8, 4) is 5.75 Å². The van der Waals surface area contributed by atoms with Crippen LogP contribution in [0.3, 0.4) is 0 Å². The quantitative estimate of drug-likeness (QED) is 0.611. The molecule has 1 aromatic carbocycles. The third-order valence-electron chi connectivity index (χ3n) is 2.73.